The molecule has 1 aliphatic carbocycles. The van der Waals surface area contributed by atoms with Crippen LogP contribution in [0.5, 0.6) is 0 Å². The van der Waals surface area contributed by atoms with Gasteiger partial charge in [0.1, 0.15) is 5.82 Å². The first-order valence-corrected chi connectivity index (χ1v) is 8.36. The second-order valence-corrected chi connectivity index (χ2v) is 7.32. The highest BCUT2D eigenvalue weighted by molar-refractivity contribution is 9.10. The number of halogens is 2. The number of hydrogen-bond acceptors (Lipinski definition) is 3. The molecule has 2 atom stereocenters. The SMILES string of the molecule is Cc1ccnn1[C@H]1CC[C@@]2(CNc3ncc(Br)c(Cl)c32)C1. The molecule has 0 amide bonds. The van der Waals surface area contributed by atoms with Gasteiger partial charge in [-0.15, -0.1) is 0 Å². The van der Waals surface area contributed by atoms with Crippen molar-refractivity contribution in [2.75, 3.05) is 11.9 Å². The van der Waals surface area contributed by atoms with Gasteiger partial charge in [-0.05, 0) is 48.2 Å². The molecule has 4 nitrogen and oxygen atoms in total. The summed E-state index contributed by atoms with van der Waals surface area (Å²) in [6.07, 6.45) is 6.97. The molecular weight excluding hydrogens is 352 g/mol. The number of anilines is 1. The van der Waals surface area contributed by atoms with Gasteiger partial charge >= 0.3 is 0 Å². The van der Waals surface area contributed by atoms with E-state index in [1.54, 1.807) is 6.20 Å². The second kappa shape index (κ2) is 4.71. The van der Waals surface area contributed by atoms with Gasteiger partial charge in [-0.1, -0.05) is 11.6 Å². The number of hydrogen-bond donors (Lipinski definition) is 1. The van der Waals surface area contributed by atoms with Crippen LogP contribution in [0.15, 0.2) is 22.9 Å². The smallest absolute Gasteiger partial charge is 0.131 e. The molecule has 1 saturated carbocycles. The number of pyridine rings is 1. The fourth-order valence-electron chi connectivity index (χ4n) is 3.88. The summed E-state index contributed by atoms with van der Waals surface area (Å²) < 4.78 is 3.04. The van der Waals surface area contributed by atoms with Crippen molar-refractivity contribution < 1.29 is 0 Å². The Balaban J connectivity index is 1.74. The van der Waals surface area contributed by atoms with Gasteiger partial charge in [0, 0.05) is 35.6 Å². The molecular formula is C15H16BrClN4. The van der Waals surface area contributed by atoms with Crippen LogP contribution in [0, 0.1) is 6.92 Å². The zero-order valence-corrected chi connectivity index (χ0v) is 14.1. The first-order valence-electron chi connectivity index (χ1n) is 7.19. The van der Waals surface area contributed by atoms with E-state index in [0.717, 1.165) is 41.1 Å². The lowest BCUT2D eigenvalue weighted by molar-refractivity contribution is 0.413. The molecule has 2 aliphatic rings. The Bertz CT molecular complexity index is 714. The minimum Gasteiger partial charge on any atom is -0.369 e. The van der Waals surface area contributed by atoms with E-state index in [-0.39, 0.29) is 5.41 Å². The first kappa shape index (κ1) is 13.6. The van der Waals surface area contributed by atoms with Gasteiger partial charge in [0.15, 0.2) is 0 Å². The lowest BCUT2D eigenvalue weighted by Gasteiger charge is -2.25. The number of aromatic nitrogens is 3. The van der Waals surface area contributed by atoms with Crippen molar-refractivity contribution in [3.05, 3.63) is 39.2 Å². The summed E-state index contributed by atoms with van der Waals surface area (Å²) in [7, 11) is 0. The normalized spacial score (nSPS) is 27.1. The summed E-state index contributed by atoms with van der Waals surface area (Å²) in [6, 6.07) is 2.51. The number of fused-ring (bicyclic) bond motifs is 2. The minimum atomic E-state index is 0.0895. The molecule has 4 rings (SSSR count). The maximum atomic E-state index is 6.56. The van der Waals surface area contributed by atoms with E-state index in [1.165, 1.54) is 11.3 Å². The number of nitrogens with zero attached hydrogens (tertiary/aromatic N) is 3. The Morgan fingerprint density at radius 1 is 1.52 bits per heavy atom. The largest absolute Gasteiger partial charge is 0.369 e. The predicted octanol–water partition coefficient (Wildman–Crippen LogP) is 4.09. The van der Waals surface area contributed by atoms with Gasteiger partial charge in [0.25, 0.3) is 0 Å². The van der Waals surface area contributed by atoms with E-state index in [9.17, 15) is 0 Å². The van der Waals surface area contributed by atoms with Crippen LogP contribution in [0.2, 0.25) is 5.02 Å². The van der Waals surface area contributed by atoms with Gasteiger partial charge in [-0.2, -0.15) is 5.10 Å². The van der Waals surface area contributed by atoms with E-state index in [2.05, 4.69) is 49.0 Å². The highest BCUT2D eigenvalue weighted by Crippen LogP contribution is 2.54. The molecule has 6 heteroatoms. The van der Waals surface area contributed by atoms with E-state index in [4.69, 9.17) is 11.6 Å². The quantitative estimate of drug-likeness (QED) is 0.825. The molecule has 0 radical (unpaired) electrons. The first-order chi connectivity index (χ1) is 10.1. The van der Waals surface area contributed by atoms with Crippen LogP contribution >= 0.6 is 27.5 Å². The summed E-state index contributed by atoms with van der Waals surface area (Å²) in [4.78, 5) is 4.48. The molecule has 2 aromatic heterocycles. The van der Waals surface area contributed by atoms with Crippen molar-refractivity contribution in [2.24, 2.45) is 0 Å². The molecule has 2 aromatic rings. The average molecular weight is 368 g/mol. The topological polar surface area (TPSA) is 42.7 Å². The van der Waals surface area contributed by atoms with E-state index < -0.39 is 0 Å². The molecule has 110 valence electrons. The molecule has 0 unspecified atom stereocenters. The second-order valence-electron chi connectivity index (χ2n) is 6.09. The number of aryl methyl sites for hydroxylation is 1. The van der Waals surface area contributed by atoms with Crippen molar-refractivity contribution in [1.29, 1.82) is 0 Å². The summed E-state index contributed by atoms with van der Waals surface area (Å²) >= 11 is 10.1. The molecule has 0 aromatic carbocycles. The molecule has 1 fully saturated rings. The van der Waals surface area contributed by atoms with Crippen LogP contribution in [-0.2, 0) is 5.41 Å². The minimum absolute atomic E-state index is 0.0895. The Morgan fingerprint density at radius 3 is 3.14 bits per heavy atom. The van der Waals surface area contributed by atoms with Crippen molar-refractivity contribution in [3.8, 4) is 0 Å². The fraction of sp³-hybridized carbons (Fsp3) is 0.467. The van der Waals surface area contributed by atoms with Gasteiger partial charge in [-0.25, -0.2) is 4.98 Å². The Hall–Kier alpha value is -1.07. The number of rotatable bonds is 1. The molecule has 21 heavy (non-hydrogen) atoms. The van der Waals surface area contributed by atoms with Gasteiger partial charge in [-0.3, -0.25) is 4.68 Å². The number of nitrogens with one attached hydrogen (secondary N) is 1. The van der Waals surface area contributed by atoms with Crippen molar-refractivity contribution in [2.45, 2.75) is 37.6 Å². The van der Waals surface area contributed by atoms with Gasteiger partial charge in [0.05, 0.1) is 15.5 Å². The van der Waals surface area contributed by atoms with Crippen LogP contribution in [0.1, 0.15) is 36.6 Å². The monoisotopic (exact) mass is 366 g/mol. The van der Waals surface area contributed by atoms with Crippen LogP contribution < -0.4 is 5.32 Å². The standard InChI is InChI=1S/C15H16BrClN4/c1-9-3-5-20-21(9)10-2-4-15(6-10)8-19-14-12(15)13(17)11(16)7-18-14/h3,5,7,10H,2,4,6,8H2,1H3,(H,18,19)/t10-,15-/m0/s1. The van der Waals surface area contributed by atoms with Crippen molar-refractivity contribution in [3.63, 3.8) is 0 Å². The van der Waals surface area contributed by atoms with Crippen LogP contribution in [0.4, 0.5) is 5.82 Å². The molecule has 1 N–H and O–H groups in total. The molecule has 0 saturated heterocycles. The summed E-state index contributed by atoms with van der Waals surface area (Å²) in [5.74, 6) is 0.945. The predicted molar refractivity (Wildman–Crippen MR) is 87.0 cm³/mol. The Labute approximate surface area is 137 Å². The molecule has 0 bridgehead atoms. The zero-order chi connectivity index (χ0) is 14.6. The van der Waals surface area contributed by atoms with Crippen molar-refractivity contribution >= 4 is 33.3 Å². The molecule has 3 heterocycles. The summed E-state index contributed by atoms with van der Waals surface area (Å²) in [5.41, 5.74) is 2.50. The third-order valence-electron chi connectivity index (χ3n) is 4.89. The molecule has 1 aliphatic heterocycles. The lowest BCUT2D eigenvalue weighted by atomic mass is 9.81. The Kier molecular flexibility index (Phi) is 3.05. The maximum Gasteiger partial charge on any atom is 0.131 e. The van der Waals surface area contributed by atoms with Crippen LogP contribution in [0.3, 0.4) is 0 Å². The van der Waals surface area contributed by atoms with Crippen LogP contribution in [0.25, 0.3) is 0 Å². The maximum absolute atomic E-state index is 6.56. The zero-order valence-electron chi connectivity index (χ0n) is 11.7. The van der Waals surface area contributed by atoms with Crippen LogP contribution in [-0.4, -0.2) is 21.3 Å². The highest BCUT2D eigenvalue weighted by Gasteiger charge is 2.48. The van der Waals surface area contributed by atoms with Gasteiger partial charge < -0.3 is 5.32 Å². The average Bonchev–Trinajstić information content (AvgIpc) is 3.15. The summed E-state index contributed by atoms with van der Waals surface area (Å²) in [5, 5.41) is 8.73. The third-order valence-corrected chi connectivity index (χ3v) is 6.12. The van der Waals surface area contributed by atoms with Gasteiger partial charge in [0.2, 0.25) is 0 Å². The highest BCUT2D eigenvalue weighted by atomic mass is 79.9. The van der Waals surface area contributed by atoms with E-state index in [1.807, 2.05) is 6.20 Å². The Morgan fingerprint density at radius 2 is 2.38 bits per heavy atom. The third kappa shape index (κ3) is 1.94. The van der Waals surface area contributed by atoms with E-state index in [0.29, 0.717) is 6.04 Å². The fourth-order valence-corrected chi connectivity index (χ4v) is 4.52. The lowest BCUT2D eigenvalue weighted by Crippen LogP contribution is -2.26. The summed E-state index contributed by atoms with van der Waals surface area (Å²) in [6.45, 7) is 3.03. The molecule has 1 spiro atoms. The van der Waals surface area contributed by atoms with Crippen molar-refractivity contribution in [1.82, 2.24) is 14.8 Å². The van der Waals surface area contributed by atoms with E-state index >= 15 is 0 Å².